The van der Waals surface area contributed by atoms with Crippen LogP contribution in [0.15, 0.2) is 12.1 Å². The normalized spacial score (nSPS) is 15.5. The van der Waals surface area contributed by atoms with Crippen LogP contribution >= 0.6 is 0 Å². The van der Waals surface area contributed by atoms with E-state index in [4.69, 9.17) is 10.6 Å². The lowest BCUT2D eigenvalue weighted by Gasteiger charge is -2.16. The standard InChI is InChI=1S/C12H17F3N4O/c1-19(9-2-3-9)4-5-20-11-7-8(12(13,14)15)6-10(17-11)18-16/h6-7,9H,2-5,16H2,1H3,(H,17,18). The van der Waals surface area contributed by atoms with Gasteiger partial charge in [0.25, 0.3) is 0 Å². The smallest absolute Gasteiger partial charge is 0.416 e. The summed E-state index contributed by atoms with van der Waals surface area (Å²) < 4.78 is 43.4. The van der Waals surface area contributed by atoms with Gasteiger partial charge in [-0.15, -0.1) is 0 Å². The summed E-state index contributed by atoms with van der Waals surface area (Å²) in [6.07, 6.45) is -2.13. The predicted molar refractivity (Wildman–Crippen MR) is 68.2 cm³/mol. The van der Waals surface area contributed by atoms with Crippen molar-refractivity contribution < 1.29 is 17.9 Å². The summed E-state index contributed by atoms with van der Waals surface area (Å²) >= 11 is 0. The molecule has 8 heteroatoms. The fourth-order valence-corrected chi connectivity index (χ4v) is 1.81. The molecule has 0 amide bonds. The van der Waals surface area contributed by atoms with Crippen LogP contribution < -0.4 is 16.0 Å². The molecule has 0 saturated heterocycles. The highest BCUT2D eigenvalue weighted by atomic mass is 19.4. The number of hydrogen-bond donors (Lipinski definition) is 2. The molecule has 1 heterocycles. The van der Waals surface area contributed by atoms with Gasteiger partial charge < -0.3 is 15.1 Å². The lowest BCUT2D eigenvalue weighted by atomic mass is 10.2. The van der Waals surface area contributed by atoms with Crippen molar-refractivity contribution in [3.63, 3.8) is 0 Å². The van der Waals surface area contributed by atoms with E-state index in [0.717, 1.165) is 12.1 Å². The van der Waals surface area contributed by atoms with Crippen molar-refractivity contribution in [1.82, 2.24) is 9.88 Å². The van der Waals surface area contributed by atoms with Gasteiger partial charge in [0.05, 0.1) is 5.56 Å². The number of nitrogens with two attached hydrogens (primary N) is 1. The number of ether oxygens (including phenoxy) is 1. The fourth-order valence-electron chi connectivity index (χ4n) is 1.81. The molecule has 20 heavy (non-hydrogen) atoms. The molecule has 1 aromatic rings. The first-order valence-corrected chi connectivity index (χ1v) is 6.29. The molecule has 1 fully saturated rings. The van der Waals surface area contributed by atoms with Gasteiger partial charge in [-0.2, -0.15) is 18.2 Å². The second-order valence-electron chi connectivity index (χ2n) is 4.78. The van der Waals surface area contributed by atoms with Gasteiger partial charge in [0.15, 0.2) is 0 Å². The molecule has 5 nitrogen and oxygen atoms in total. The molecule has 0 spiro atoms. The summed E-state index contributed by atoms with van der Waals surface area (Å²) in [5.41, 5.74) is 1.26. The lowest BCUT2D eigenvalue weighted by molar-refractivity contribution is -0.137. The first-order valence-electron chi connectivity index (χ1n) is 6.29. The summed E-state index contributed by atoms with van der Waals surface area (Å²) in [5.74, 6) is 4.95. The van der Waals surface area contributed by atoms with Crippen molar-refractivity contribution >= 4 is 5.82 Å². The van der Waals surface area contributed by atoms with E-state index in [2.05, 4.69) is 15.3 Å². The van der Waals surface area contributed by atoms with E-state index in [1.807, 2.05) is 7.05 Å². The van der Waals surface area contributed by atoms with Crippen LogP contribution in [0.1, 0.15) is 18.4 Å². The molecule has 0 bridgehead atoms. The van der Waals surface area contributed by atoms with Crippen LogP contribution in [0.2, 0.25) is 0 Å². The van der Waals surface area contributed by atoms with Crippen molar-refractivity contribution in [3.8, 4) is 5.88 Å². The van der Waals surface area contributed by atoms with Crippen molar-refractivity contribution in [2.45, 2.75) is 25.1 Å². The van der Waals surface area contributed by atoms with Crippen LogP contribution in [-0.4, -0.2) is 36.1 Å². The third kappa shape index (κ3) is 3.97. The Labute approximate surface area is 114 Å². The number of likely N-dealkylation sites (N-methyl/N-ethyl adjacent to an activating group) is 1. The third-order valence-electron chi connectivity index (χ3n) is 3.14. The van der Waals surface area contributed by atoms with E-state index in [1.54, 1.807) is 0 Å². The summed E-state index contributed by atoms with van der Waals surface area (Å²) in [6.45, 7) is 0.930. The SMILES string of the molecule is CN(CCOc1cc(C(F)(F)F)cc(NN)n1)C1CC1. The van der Waals surface area contributed by atoms with Crippen LogP contribution in [0.3, 0.4) is 0 Å². The topological polar surface area (TPSA) is 63.4 Å². The number of alkyl halides is 3. The number of aromatic nitrogens is 1. The molecule has 0 aromatic carbocycles. The number of hydrazine groups is 1. The highest BCUT2D eigenvalue weighted by molar-refractivity contribution is 5.41. The van der Waals surface area contributed by atoms with Gasteiger partial charge in [-0.1, -0.05) is 0 Å². The fraction of sp³-hybridized carbons (Fsp3) is 0.583. The van der Waals surface area contributed by atoms with Crippen LogP contribution in [0.4, 0.5) is 19.0 Å². The molecule has 2 rings (SSSR count). The number of hydrogen-bond acceptors (Lipinski definition) is 5. The highest BCUT2D eigenvalue weighted by Crippen LogP contribution is 2.32. The van der Waals surface area contributed by atoms with Gasteiger partial charge in [0.1, 0.15) is 12.4 Å². The highest BCUT2D eigenvalue weighted by Gasteiger charge is 2.32. The Morgan fingerprint density at radius 1 is 1.45 bits per heavy atom. The second kappa shape index (κ2) is 5.84. The van der Waals surface area contributed by atoms with Crippen LogP contribution in [0.5, 0.6) is 5.88 Å². The number of rotatable bonds is 6. The molecule has 112 valence electrons. The zero-order chi connectivity index (χ0) is 14.8. The Hall–Kier alpha value is -1.54. The lowest BCUT2D eigenvalue weighted by Crippen LogP contribution is -2.26. The number of nitrogens with zero attached hydrogens (tertiary/aromatic N) is 2. The number of halogens is 3. The number of nitrogens with one attached hydrogen (secondary N) is 1. The molecule has 1 saturated carbocycles. The summed E-state index contributed by atoms with van der Waals surface area (Å²) in [6, 6.07) is 2.29. The summed E-state index contributed by atoms with van der Waals surface area (Å²) in [7, 11) is 1.97. The van der Waals surface area contributed by atoms with Gasteiger partial charge >= 0.3 is 6.18 Å². The van der Waals surface area contributed by atoms with Crippen molar-refractivity contribution in [2.24, 2.45) is 5.84 Å². The minimum absolute atomic E-state index is 0.0784. The van der Waals surface area contributed by atoms with Crippen LogP contribution in [0.25, 0.3) is 0 Å². The first-order chi connectivity index (χ1) is 9.40. The largest absolute Gasteiger partial charge is 0.476 e. The first kappa shape index (κ1) is 14.9. The number of nitrogen functional groups attached to an aromatic ring is 1. The Morgan fingerprint density at radius 2 is 2.15 bits per heavy atom. The monoisotopic (exact) mass is 290 g/mol. The third-order valence-corrected chi connectivity index (χ3v) is 3.14. The van der Waals surface area contributed by atoms with Gasteiger partial charge in [-0.05, 0) is 26.0 Å². The van der Waals surface area contributed by atoms with Crippen molar-refractivity contribution in [2.75, 3.05) is 25.6 Å². The number of anilines is 1. The molecule has 0 atom stereocenters. The Bertz CT molecular complexity index is 463. The van der Waals surface area contributed by atoms with Crippen LogP contribution in [-0.2, 0) is 6.18 Å². The molecule has 1 aliphatic carbocycles. The Morgan fingerprint density at radius 3 is 2.70 bits per heavy atom. The van der Waals surface area contributed by atoms with E-state index in [-0.39, 0.29) is 18.3 Å². The molecule has 0 unspecified atom stereocenters. The van der Waals surface area contributed by atoms with E-state index < -0.39 is 11.7 Å². The average molecular weight is 290 g/mol. The van der Waals surface area contributed by atoms with E-state index in [9.17, 15) is 13.2 Å². The molecule has 0 radical (unpaired) electrons. The molecule has 0 aliphatic heterocycles. The van der Waals surface area contributed by atoms with E-state index in [0.29, 0.717) is 12.6 Å². The van der Waals surface area contributed by atoms with Crippen molar-refractivity contribution in [1.29, 1.82) is 0 Å². The van der Waals surface area contributed by atoms with E-state index in [1.165, 1.54) is 12.8 Å². The molecular formula is C12H17F3N4O. The summed E-state index contributed by atoms with van der Waals surface area (Å²) in [5, 5.41) is 0. The maximum Gasteiger partial charge on any atom is 0.416 e. The van der Waals surface area contributed by atoms with Gasteiger partial charge in [0.2, 0.25) is 5.88 Å². The maximum absolute atomic E-state index is 12.7. The molecule has 1 aromatic heterocycles. The maximum atomic E-state index is 12.7. The Balaban J connectivity index is 1.98. The van der Waals surface area contributed by atoms with Crippen molar-refractivity contribution in [3.05, 3.63) is 17.7 Å². The van der Waals surface area contributed by atoms with Gasteiger partial charge in [-0.25, -0.2) is 5.84 Å². The minimum Gasteiger partial charge on any atom is -0.476 e. The molecule has 1 aliphatic rings. The Kier molecular flexibility index (Phi) is 4.34. The zero-order valence-corrected chi connectivity index (χ0v) is 11.1. The van der Waals surface area contributed by atoms with E-state index >= 15 is 0 Å². The second-order valence-corrected chi connectivity index (χ2v) is 4.78. The summed E-state index contributed by atoms with van der Waals surface area (Å²) in [4.78, 5) is 5.97. The molecule has 3 N–H and O–H groups in total. The van der Waals surface area contributed by atoms with Gasteiger partial charge in [0, 0.05) is 18.7 Å². The number of pyridine rings is 1. The minimum atomic E-state index is -4.46. The zero-order valence-electron chi connectivity index (χ0n) is 11.1. The quantitative estimate of drug-likeness (QED) is 0.618. The average Bonchev–Trinajstić information content (AvgIpc) is 3.21. The van der Waals surface area contributed by atoms with Crippen LogP contribution in [0, 0.1) is 0 Å². The molecular weight excluding hydrogens is 273 g/mol. The predicted octanol–water partition coefficient (Wildman–Crippen LogP) is 1.86. The van der Waals surface area contributed by atoms with Gasteiger partial charge in [-0.3, -0.25) is 0 Å².